The Labute approximate surface area is 76.5 Å². The minimum atomic E-state index is -0.315. The van der Waals surface area contributed by atoms with Gasteiger partial charge >= 0.3 is 0 Å². The molecule has 0 heterocycles. The van der Waals surface area contributed by atoms with Gasteiger partial charge in [-0.15, -0.1) is 0 Å². The van der Waals surface area contributed by atoms with Crippen molar-refractivity contribution in [2.75, 3.05) is 7.05 Å². The van der Waals surface area contributed by atoms with Gasteiger partial charge in [0.05, 0.1) is 5.02 Å². The van der Waals surface area contributed by atoms with E-state index in [2.05, 4.69) is 5.32 Å². The van der Waals surface area contributed by atoms with Crippen LogP contribution in [0.4, 0.5) is 4.39 Å². The summed E-state index contributed by atoms with van der Waals surface area (Å²) in [5.74, 6) is -0.315. The average molecular weight is 188 g/mol. The Morgan fingerprint density at radius 2 is 2.17 bits per heavy atom. The topological polar surface area (TPSA) is 12.0 Å². The fraction of sp³-hybridized carbons (Fsp3) is 0.333. The molecule has 0 aliphatic heterocycles. The standard InChI is InChI=1S/C9H11ClFN/c1-6-7(5-12-2)3-4-8(10)9(6)11/h3-4,12H,5H2,1-2H3. The maximum atomic E-state index is 13.2. The van der Waals surface area contributed by atoms with Gasteiger partial charge < -0.3 is 5.32 Å². The van der Waals surface area contributed by atoms with Crippen LogP contribution in [0.3, 0.4) is 0 Å². The van der Waals surface area contributed by atoms with Crippen molar-refractivity contribution in [3.05, 3.63) is 34.1 Å². The average Bonchev–Trinajstić information content (AvgIpc) is 2.07. The molecule has 0 aromatic heterocycles. The molecule has 0 fully saturated rings. The lowest BCUT2D eigenvalue weighted by atomic mass is 10.1. The molecule has 0 atom stereocenters. The maximum Gasteiger partial charge on any atom is 0.145 e. The van der Waals surface area contributed by atoms with Gasteiger partial charge in [-0.3, -0.25) is 0 Å². The SMILES string of the molecule is CNCc1ccc(Cl)c(F)c1C. The Morgan fingerprint density at radius 3 is 2.75 bits per heavy atom. The van der Waals surface area contributed by atoms with Crippen molar-refractivity contribution in [3.63, 3.8) is 0 Å². The summed E-state index contributed by atoms with van der Waals surface area (Å²) in [7, 11) is 1.83. The fourth-order valence-corrected chi connectivity index (χ4v) is 1.28. The third kappa shape index (κ3) is 1.76. The van der Waals surface area contributed by atoms with E-state index in [1.54, 1.807) is 13.0 Å². The van der Waals surface area contributed by atoms with Gasteiger partial charge in [-0.25, -0.2) is 4.39 Å². The van der Waals surface area contributed by atoms with Crippen molar-refractivity contribution in [2.45, 2.75) is 13.5 Å². The first-order chi connectivity index (χ1) is 5.66. The summed E-state index contributed by atoms with van der Waals surface area (Å²) in [4.78, 5) is 0. The smallest absolute Gasteiger partial charge is 0.145 e. The summed E-state index contributed by atoms with van der Waals surface area (Å²) in [6, 6.07) is 3.41. The molecule has 0 spiro atoms. The Morgan fingerprint density at radius 1 is 1.50 bits per heavy atom. The highest BCUT2D eigenvalue weighted by molar-refractivity contribution is 6.30. The van der Waals surface area contributed by atoms with Crippen LogP contribution in [0.1, 0.15) is 11.1 Å². The summed E-state index contributed by atoms with van der Waals surface area (Å²) in [6.07, 6.45) is 0. The molecule has 1 nitrogen and oxygen atoms in total. The van der Waals surface area contributed by atoms with Crippen molar-refractivity contribution in [2.24, 2.45) is 0 Å². The lowest BCUT2D eigenvalue weighted by Crippen LogP contribution is -2.07. The second-order valence-corrected chi connectivity index (χ2v) is 3.08. The molecule has 66 valence electrons. The van der Waals surface area contributed by atoms with Crippen LogP contribution in [-0.2, 0) is 6.54 Å². The Hall–Kier alpha value is -0.600. The number of rotatable bonds is 2. The zero-order chi connectivity index (χ0) is 9.14. The highest BCUT2D eigenvalue weighted by atomic mass is 35.5. The van der Waals surface area contributed by atoms with E-state index in [1.807, 2.05) is 13.1 Å². The van der Waals surface area contributed by atoms with E-state index in [0.717, 1.165) is 5.56 Å². The molecule has 0 amide bonds. The Bertz CT molecular complexity index is 286. The number of hydrogen-bond donors (Lipinski definition) is 1. The first kappa shape index (κ1) is 9.49. The van der Waals surface area contributed by atoms with E-state index in [0.29, 0.717) is 12.1 Å². The van der Waals surface area contributed by atoms with Crippen LogP contribution in [-0.4, -0.2) is 7.05 Å². The van der Waals surface area contributed by atoms with Crippen LogP contribution in [0.15, 0.2) is 12.1 Å². The number of hydrogen-bond acceptors (Lipinski definition) is 1. The van der Waals surface area contributed by atoms with Crippen molar-refractivity contribution >= 4 is 11.6 Å². The molecule has 1 aromatic rings. The van der Waals surface area contributed by atoms with Gasteiger partial charge in [0.25, 0.3) is 0 Å². The molecule has 0 saturated carbocycles. The van der Waals surface area contributed by atoms with E-state index in [1.165, 1.54) is 0 Å². The molecule has 12 heavy (non-hydrogen) atoms. The minimum Gasteiger partial charge on any atom is -0.316 e. The molecule has 0 aliphatic carbocycles. The predicted molar refractivity (Wildman–Crippen MR) is 48.9 cm³/mol. The van der Waals surface area contributed by atoms with Gasteiger partial charge in [-0.2, -0.15) is 0 Å². The quantitative estimate of drug-likeness (QED) is 0.750. The van der Waals surface area contributed by atoms with Crippen LogP contribution >= 0.6 is 11.6 Å². The van der Waals surface area contributed by atoms with Gasteiger partial charge in [0, 0.05) is 6.54 Å². The van der Waals surface area contributed by atoms with Crippen molar-refractivity contribution < 1.29 is 4.39 Å². The first-order valence-electron chi connectivity index (χ1n) is 3.75. The van der Waals surface area contributed by atoms with Crippen molar-refractivity contribution in [1.82, 2.24) is 5.32 Å². The highest BCUT2D eigenvalue weighted by Crippen LogP contribution is 2.20. The normalized spacial score (nSPS) is 10.3. The van der Waals surface area contributed by atoms with Crippen LogP contribution in [0.25, 0.3) is 0 Å². The second-order valence-electron chi connectivity index (χ2n) is 2.68. The van der Waals surface area contributed by atoms with Crippen LogP contribution in [0, 0.1) is 12.7 Å². The highest BCUT2D eigenvalue weighted by Gasteiger charge is 2.06. The second kappa shape index (κ2) is 3.87. The van der Waals surface area contributed by atoms with E-state index in [4.69, 9.17) is 11.6 Å². The van der Waals surface area contributed by atoms with E-state index in [-0.39, 0.29) is 10.8 Å². The van der Waals surface area contributed by atoms with Gasteiger partial charge in [0.2, 0.25) is 0 Å². The summed E-state index contributed by atoms with van der Waals surface area (Å²) in [6.45, 7) is 2.40. The lowest BCUT2D eigenvalue weighted by molar-refractivity contribution is 0.613. The van der Waals surface area contributed by atoms with Crippen LogP contribution < -0.4 is 5.32 Å². The lowest BCUT2D eigenvalue weighted by Gasteiger charge is -2.06. The number of benzene rings is 1. The summed E-state index contributed by atoms with van der Waals surface area (Å²) >= 11 is 5.59. The monoisotopic (exact) mass is 187 g/mol. The molecule has 0 aliphatic rings. The third-order valence-electron chi connectivity index (χ3n) is 1.82. The molecular formula is C9H11ClFN. The number of halogens is 2. The Balaban J connectivity index is 3.08. The fourth-order valence-electron chi connectivity index (χ4n) is 1.07. The van der Waals surface area contributed by atoms with Crippen molar-refractivity contribution in [3.8, 4) is 0 Å². The van der Waals surface area contributed by atoms with Gasteiger partial charge in [-0.05, 0) is 31.2 Å². The van der Waals surface area contributed by atoms with Crippen LogP contribution in [0.5, 0.6) is 0 Å². The summed E-state index contributed by atoms with van der Waals surface area (Å²) in [5.41, 5.74) is 1.57. The molecule has 0 saturated heterocycles. The molecule has 3 heteroatoms. The maximum absolute atomic E-state index is 13.2. The molecule has 1 aromatic carbocycles. The largest absolute Gasteiger partial charge is 0.316 e. The summed E-state index contributed by atoms with van der Waals surface area (Å²) < 4.78 is 13.2. The van der Waals surface area contributed by atoms with Gasteiger partial charge in [0.1, 0.15) is 5.82 Å². The predicted octanol–water partition coefficient (Wildman–Crippen LogP) is 2.51. The zero-order valence-corrected chi connectivity index (χ0v) is 7.87. The van der Waals surface area contributed by atoms with Gasteiger partial charge in [-0.1, -0.05) is 17.7 Å². The first-order valence-corrected chi connectivity index (χ1v) is 4.12. The minimum absolute atomic E-state index is 0.187. The van der Waals surface area contributed by atoms with Gasteiger partial charge in [0.15, 0.2) is 0 Å². The molecule has 0 radical (unpaired) electrons. The number of nitrogens with one attached hydrogen (secondary N) is 1. The van der Waals surface area contributed by atoms with Crippen LogP contribution in [0.2, 0.25) is 5.02 Å². The van der Waals surface area contributed by atoms with E-state index in [9.17, 15) is 4.39 Å². The van der Waals surface area contributed by atoms with Crippen molar-refractivity contribution in [1.29, 1.82) is 0 Å². The van der Waals surface area contributed by atoms with E-state index >= 15 is 0 Å². The van der Waals surface area contributed by atoms with E-state index < -0.39 is 0 Å². The third-order valence-corrected chi connectivity index (χ3v) is 2.11. The molecule has 1 N–H and O–H groups in total. The molecular weight excluding hydrogens is 177 g/mol. The molecule has 0 unspecified atom stereocenters. The zero-order valence-electron chi connectivity index (χ0n) is 7.12. The Kier molecular flexibility index (Phi) is 3.06. The summed E-state index contributed by atoms with van der Waals surface area (Å²) in [5, 5.41) is 3.15. The molecule has 0 bridgehead atoms. The molecule has 1 rings (SSSR count).